The third kappa shape index (κ3) is 4.35. The number of furan rings is 1. The number of carbonyl (C=O) groups is 1. The molecule has 1 aromatic heterocycles. The van der Waals surface area contributed by atoms with Gasteiger partial charge in [0.15, 0.2) is 0 Å². The predicted molar refractivity (Wildman–Crippen MR) is 98.9 cm³/mol. The van der Waals surface area contributed by atoms with Crippen molar-refractivity contribution in [2.24, 2.45) is 0 Å². The van der Waals surface area contributed by atoms with Crippen molar-refractivity contribution in [1.82, 2.24) is 15.5 Å². The van der Waals surface area contributed by atoms with E-state index in [0.717, 1.165) is 23.6 Å². The Morgan fingerprint density at radius 2 is 1.96 bits per heavy atom. The number of urea groups is 1. The van der Waals surface area contributed by atoms with E-state index in [1.807, 2.05) is 55.4 Å². The highest BCUT2D eigenvalue weighted by Crippen LogP contribution is 2.47. The Balaban J connectivity index is 1.50. The highest BCUT2D eigenvalue weighted by Gasteiger charge is 2.44. The van der Waals surface area contributed by atoms with Crippen molar-refractivity contribution in [2.75, 3.05) is 27.2 Å². The molecule has 3 rings (SSSR count). The maximum absolute atomic E-state index is 12.2. The summed E-state index contributed by atoms with van der Waals surface area (Å²) in [4.78, 5) is 14.2. The summed E-state index contributed by atoms with van der Waals surface area (Å²) in [6.45, 7) is 1.12. The molecule has 1 fully saturated rings. The van der Waals surface area contributed by atoms with Crippen LogP contribution in [0.1, 0.15) is 30.2 Å². The molecule has 2 aromatic rings. The molecule has 2 N–H and O–H groups in total. The van der Waals surface area contributed by atoms with E-state index in [9.17, 15) is 4.79 Å². The van der Waals surface area contributed by atoms with Crippen LogP contribution in [0.15, 0.2) is 47.1 Å². The van der Waals surface area contributed by atoms with E-state index >= 15 is 0 Å². The number of benzene rings is 1. The Labute approximate surface area is 153 Å². The maximum Gasteiger partial charge on any atom is 0.314 e. The van der Waals surface area contributed by atoms with Crippen LogP contribution in [0.3, 0.4) is 0 Å². The number of hydrogen-bond acceptors (Lipinski definition) is 3. The molecule has 1 heterocycles. The molecule has 1 aliphatic rings. The van der Waals surface area contributed by atoms with E-state index in [0.29, 0.717) is 13.1 Å². The van der Waals surface area contributed by atoms with Gasteiger partial charge in [0.25, 0.3) is 0 Å². The molecule has 1 aliphatic carbocycles. The number of hydrogen-bond donors (Lipinski definition) is 2. The van der Waals surface area contributed by atoms with Crippen LogP contribution in [0.5, 0.6) is 0 Å². The van der Waals surface area contributed by atoms with E-state index in [-0.39, 0.29) is 17.5 Å². The zero-order valence-corrected chi connectivity index (χ0v) is 15.3. The van der Waals surface area contributed by atoms with Crippen LogP contribution in [0.4, 0.5) is 4.79 Å². The Hall–Kier alpha value is -1.98. The Bertz CT molecular complexity index is 694. The van der Waals surface area contributed by atoms with E-state index in [1.165, 1.54) is 5.56 Å². The van der Waals surface area contributed by atoms with Gasteiger partial charge in [0.2, 0.25) is 0 Å². The van der Waals surface area contributed by atoms with E-state index < -0.39 is 0 Å². The maximum atomic E-state index is 12.2. The van der Waals surface area contributed by atoms with Gasteiger partial charge in [-0.05, 0) is 56.8 Å². The van der Waals surface area contributed by atoms with Crippen LogP contribution < -0.4 is 10.6 Å². The van der Waals surface area contributed by atoms with Gasteiger partial charge in [0.1, 0.15) is 5.76 Å². The fraction of sp³-hybridized carbons (Fsp3) is 0.421. The second-order valence-electron chi connectivity index (χ2n) is 6.85. The second kappa shape index (κ2) is 7.50. The zero-order valence-electron chi connectivity index (χ0n) is 14.6. The monoisotopic (exact) mass is 361 g/mol. The van der Waals surface area contributed by atoms with Crippen molar-refractivity contribution < 1.29 is 9.21 Å². The fourth-order valence-corrected chi connectivity index (χ4v) is 3.17. The molecule has 2 amide bonds. The summed E-state index contributed by atoms with van der Waals surface area (Å²) in [5.74, 6) is 0.838. The van der Waals surface area contributed by atoms with E-state index in [2.05, 4.69) is 10.6 Å². The first-order chi connectivity index (χ1) is 12.0. The summed E-state index contributed by atoms with van der Waals surface area (Å²) in [6, 6.07) is 11.5. The minimum absolute atomic E-state index is 0.00639. The summed E-state index contributed by atoms with van der Waals surface area (Å²) in [5.41, 5.74) is 1.29. The number of nitrogens with one attached hydrogen (secondary N) is 2. The van der Waals surface area contributed by atoms with Crippen molar-refractivity contribution in [1.29, 1.82) is 0 Å². The average molecular weight is 362 g/mol. The number of halogens is 1. The molecular weight excluding hydrogens is 338 g/mol. The molecule has 1 unspecified atom stereocenters. The lowest BCUT2D eigenvalue weighted by Crippen LogP contribution is -2.43. The number of rotatable bonds is 7. The highest BCUT2D eigenvalue weighted by molar-refractivity contribution is 6.30. The van der Waals surface area contributed by atoms with Gasteiger partial charge in [-0.15, -0.1) is 0 Å². The lowest BCUT2D eigenvalue weighted by Gasteiger charge is -2.23. The molecule has 0 saturated heterocycles. The first kappa shape index (κ1) is 17.8. The smallest absolute Gasteiger partial charge is 0.314 e. The van der Waals surface area contributed by atoms with Crippen molar-refractivity contribution in [3.63, 3.8) is 0 Å². The number of amides is 2. The van der Waals surface area contributed by atoms with Crippen molar-refractivity contribution in [3.8, 4) is 0 Å². The average Bonchev–Trinajstić information content (AvgIpc) is 3.19. The summed E-state index contributed by atoms with van der Waals surface area (Å²) < 4.78 is 5.46. The summed E-state index contributed by atoms with van der Waals surface area (Å²) in [7, 11) is 3.93. The molecule has 5 nitrogen and oxygen atoms in total. The fourth-order valence-electron chi connectivity index (χ4n) is 3.04. The van der Waals surface area contributed by atoms with Crippen LogP contribution in [-0.2, 0) is 5.41 Å². The molecule has 134 valence electrons. The zero-order chi connectivity index (χ0) is 17.9. The molecule has 25 heavy (non-hydrogen) atoms. The minimum atomic E-state index is -0.154. The number of nitrogens with zero attached hydrogens (tertiary/aromatic N) is 1. The van der Waals surface area contributed by atoms with Crippen LogP contribution in [0, 0.1) is 0 Å². The molecule has 0 spiro atoms. The third-order valence-electron chi connectivity index (χ3n) is 4.85. The van der Waals surface area contributed by atoms with Crippen LogP contribution in [0.25, 0.3) is 0 Å². The summed E-state index contributed by atoms with van der Waals surface area (Å²) >= 11 is 5.96. The first-order valence-electron chi connectivity index (χ1n) is 8.48. The van der Waals surface area contributed by atoms with Gasteiger partial charge in [-0.1, -0.05) is 23.7 Å². The number of carbonyl (C=O) groups excluding carboxylic acids is 1. The molecular formula is C19H24ClN3O2. The topological polar surface area (TPSA) is 57.5 Å². The largest absolute Gasteiger partial charge is 0.468 e. The third-order valence-corrected chi connectivity index (χ3v) is 5.10. The molecule has 0 aliphatic heterocycles. The highest BCUT2D eigenvalue weighted by atomic mass is 35.5. The number of likely N-dealkylation sites (N-methyl/N-ethyl adjacent to an activating group) is 1. The van der Waals surface area contributed by atoms with Gasteiger partial charge in [-0.2, -0.15) is 0 Å². The SMILES string of the molecule is CN(C)C(CNC(=O)NCC1(c2ccc(Cl)cc2)CC1)c1ccco1. The van der Waals surface area contributed by atoms with Gasteiger partial charge < -0.3 is 15.1 Å². The van der Waals surface area contributed by atoms with Gasteiger partial charge in [0, 0.05) is 23.5 Å². The molecule has 0 bridgehead atoms. The molecule has 6 heteroatoms. The van der Waals surface area contributed by atoms with Gasteiger partial charge in [-0.3, -0.25) is 4.90 Å². The van der Waals surface area contributed by atoms with E-state index in [4.69, 9.17) is 16.0 Å². The molecule has 0 radical (unpaired) electrons. The quantitative estimate of drug-likeness (QED) is 0.792. The van der Waals surface area contributed by atoms with Crippen molar-refractivity contribution in [3.05, 3.63) is 59.0 Å². The van der Waals surface area contributed by atoms with Gasteiger partial charge >= 0.3 is 6.03 Å². The molecule has 1 aromatic carbocycles. The summed E-state index contributed by atoms with van der Waals surface area (Å²) in [6.07, 6.45) is 3.82. The van der Waals surface area contributed by atoms with Crippen LogP contribution in [-0.4, -0.2) is 38.1 Å². The normalized spacial score (nSPS) is 16.5. The standard InChI is InChI=1S/C19H24ClN3O2/c1-23(2)16(17-4-3-11-25-17)12-21-18(24)22-13-19(9-10-19)14-5-7-15(20)8-6-14/h3-8,11,16H,9-10,12-13H2,1-2H3,(H2,21,22,24). The minimum Gasteiger partial charge on any atom is -0.468 e. The lowest BCUT2D eigenvalue weighted by atomic mass is 9.96. The van der Waals surface area contributed by atoms with Gasteiger partial charge in [0.05, 0.1) is 12.3 Å². The van der Waals surface area contributed by atoms with E-state index in [1.54, 1.807) is 6.26 Å². The second-order valence-corrected chi connectivity index (χ2v) is 7.28. The van der Waals surface area contributed by atoms with Crippen molar-refractivity contribution in [2.45, 2.75) is 24.3 Å². The lowest BCUT2D eigenvalue weighted by molar-refractivity contribution is 0.224. The van der Waals surface area contributed by atoms with Crippen molar-refractivity contribution >= 4 is 17.6 Å². The summed E-state index contributed by atoms with van der Waals surface area (Å²) in [5, 5.41) is 6.68. The Morgan fingerprint density at radius 3 is 2.52 bits per heavy atom. The Morgan fingerprint density at radius 1 is 1.24 bits per heavy atom. The molecule has 1 saturated carbocycles. The predicted octanol–water partition coefficient (Wildman–Crippen LogP) is 3.57. The van der Waals surface area contributed by atoms with Crippen LogP contribution >= 0.6 is 11.6 Å². The molecule has 1 atom stereocenters. The van der Waals surface area contributed by atoms with Crippen LogP contribution in [0.2, 0.25) is 5.02 Å². The first-order valence-corrected chi connectivity index (χ1v) is 8.85. The van der Waals surface area contributed by atoms with Gasteiger partial charge in [-0.25, -0.2) is 4.79 Å². The Kier molecular flexibility index (Phi) is 5.35.